The summed E-state index contributed by atoms with van der Waals surface area (Å²) in [5.41, 5.74) is 0. The molecule has 1 N–H and O–H groups in total. The van der Waals surface area contributed by atoms with Crippen molar-refractivity contribution < 1.29 is 4.43 Å². The summed E-state index contributed by atoms with van der Waals surface area (Å²) < 4.78 is 5.98. The molecule has 0 radical (unpaired) electrons. The van der Waals surface area contributed by atoms with Gasteiger partial charge in [-0.15, -0.1) is 0 Å². The van der Waals surface area contributed by atoms with Crippen molar-refractivity contribution in [3.05, 3.63) is 0 Å². The second-order valence-corrected chi connectivity index (χ2v) is 10.7. The normalized spacial score (nSPS) is 23.1. The summed E-state index contributed by atoms with van der Waals surface area (Å²) in [6, 6.07) is 1.86. The quantitative estimate of drug-likeness (QED) is 0.758. The molecule has 0 spiro atoms. The molecular weight excluding hydrogens is 214 g/mol. The van der Waals surface area contributed by atoms with Crippen LogP contribution in [0, 0.1) is 0 Å². The van der Waals surface area contributed by atoms with Crippen LogP contribution in [0.2, 0.25) is 11.1 Å². The zero-order chi connectivity index (χ0) is 12.2. The summed E-state index contributed by atoms with van der Waals surface area (Å²) in [5, 5.41) is 0.272. The van der Waals surface area contributed by atoms with Gasteiger partial charge in [-0.3, -0.25) is 0 Å². The Bertz CT molecular complexity index is 202. The lowest BCUT2D eigenvalue weighted by Gasteiger charge is -2.44. The first-order valence-corrected chi connectivity index (χ1v) is 8.89. The fraction of sp³-hybridized carbons (Fsp3) is 1.00. The fourth-order valence-corrected chi connectivity index (χ4v) is 6.60. The lowest BCUT2D eigenvalue weighted by molar-refractivity contribution is 0.314. The third-order valence-electron chi connectivity index (χ3n) is 4.10. The van der Waals surface area contributed by atoms with Crippen LogP contribution >= 0.6 is 0 Å². The predicted octanol–water partition coefficient (Wildman–Crippen LogP) is 3.82. The van der Waals surface area contributed by atoms with E-state index in [0.717, 1.165) is 6.04 Å². The minimum absolute atomic E-state index is 0.272. The summed E-state index contributed by atoms with van der Waals surface area (Å²) in [4.78, 5) is 3.93. The fourth-order valence-electron chi connectivity index (χ4n) is 2.94. The van der Waals surface area contributed by atoms with Crippen LogP contribution in [-0.4, -0.2) is 21.6 Å². The molecule has 0 bridgehead atoms. The van der Waals surface area contributed by atoms with E-state index in [2.05, 4.69) is 32.7 Å². The van der Waals surface area contributed by atoms with Gasteiger partial charge in [0.1, 0.15) is 0 Å². The van der Waals surface area contributed by atoms with Crippen molar-refractivity contribution in [1.82, 2.24) is 4.98 Å². The van der Waals surface area contributed by atoms with Crippen LogP contribution in [0.3, 0.4) is 0 Å². The molecule has 0 heterocycles. The molecule has 1 aliphatic carbocycles. The molecule has 1 unspecified atom stereocenters. The van der Waals surface area contributed by atoms with E-state index in [9.17, 15) is 0 Å². The Balaban J connectivity index is 2.69. The van der Waals surface area contributed by atoms with Crippen LogP contribution in [0.5, 0.6) is 0 Å². The summed E-state index contributed by atoms with van der Waals surface area (Å²) in [5.74, 6) is 0. The second-order valence-electron chi connectivity index (χ2n) is 6.11. The molecule has 0 aliphatic heterocycles. The van der Waals surface area contributed by atoms with E-state index >= 15 is 0 Å². The molecule has 1 saturated carbocycles. The number of hydrogen-bond acceptors (Lipinski definition) is 2. The highest BCUT2D eigenvalue weighted by Gasteiger charge is 2.46. The number of nitrogens with one attached hydrogen (secondary N) is 1. The Morgan fingerprint density at radius 3 is 2.12 bits per heavy atom. The van der Waals surface area contributed by atoms with Gasteiger partial charge < -0.3 is 9.41 Å². The average Bonchev–Trinajstić information content (AvgIpc) is 2.25. The predicted molar refractivity (Wildman–Crippen MR) is 73.0 cm³/mol. The maximum atomic E-state index is 5.98. The summed E-state index contributed by atoms with van der Waals surface area (Å²) >= 11 is 0. The minimum atomic E-state index is -1.78. The molecule has 3 heteroatoms. The van der Waals surface area contributed by atoms with Crippen molar-refractivity contribution in [3.8, 4) is 0 Å². The topological polar surface area (TPSA) is 21.3 Å². The summed E-state index contributed by atoms with van der Waals surface area (Å²) in [6.45, 7) is 9.24. The lowest BCUT2D eigenvalue weighted by Crippen LogP contribution is -2.62. The highest BCUT2D eigenvalue weighted by molar-refractivity contribution is 6.74. The SMILES string of the molecule is CC[Si](NC1CCCCC1)(OC)C(C)(C)C. The summed E-state index contributed by atoms with van der Waals surface area (Å²) in [6.07, 6.45) is 6.88. The van der Waals surface area contributed by atoms with Crippen LogP contribution in [0.25, 0.3) is 0 Å². The minimum Gasteiger partial charge on any atom is -0.406 e. The Labute approximate surface area is 102 Å². The van der Waals surface area contributed by atoms with Gasteiger partial charge >= 0.3 is 0 Å². The largest absolute Gasteiger partial charge is 0.406 e. The smallest absolute Gasteiger partial charge is 0.273 e. The van der Waals surface area contributed by atoms with E-state index in [0.29, 0.717) is 6.04 Å². The third kappa shape index (κ3) is 3.08. The molecule has 1 aliphatic rings. The van der Waals surface area contributed by atoms with E-state index in [1.807, 2.05) is 7.11 Å². The van der Waals surface area contributed by atoms with Gasteiger partial charge in [-0.1, -0.05) is 47.0 Å². The molecule has 0 saturated heterocycles. The maximum Gasteiger partial charge on any atom is 0.273 e. The Morgan fingerprint density at radius 1 is 1.19 bits per heavy atom. The molecular formula is C13H29NOSi. The molecule has 0 aromatic rings. The first-order valence-electron chi connectivity index (χ1n) is 6.78. The monoisotopic (exact) mass is 243 g/mol. The van der Waals surface area contributed by atoms with Crippen molar-refractivity contribution in [2.45, 2.75) is 76.9 Å². The number of hydrogen-bond donors (Lipinski definition) is 1. The Hall–Kier alpha value is 0.137. The van der Waals surface area contributed by atoms with Gasteiger partial charge in [-0.2, -0.15) is 0 Å². The standard InChI is InChI=1S/C13H29NOSi/c1-6-16(15-5,13(2,3)4)14-12-10-8-7-9-11-12/h12,14H,6-11H2,1-5H3. The van der Waals surface area contributed by atoms with Crippen LogP contribution in [-0.2, 0) is 4.43 Å². The first kappa shape index (κ1) is 14.2. The van der Waals surface area contributed by atoms with Crippen LogP contribution in [0.15, 0.2) is 0 Å². The maximum absolute atomic E-state index is 5.98. The molecule has 2 nitrogen and oxygen atoms in total. The van der Waals surface area contributed by atoms with Gasteiger partial charge in [0.15, 0.2) is 0 Å². The van der Waals surface area contributed by atoms with E-state index in [4.69, 9.17) is 4.43 Å². The van der Waals surface area contributed by atoms with Crippen LogP contribution in [0.1, 0.15) is 59.8 Å². The van der Waals surface area contributed by atoms with Crippen molar-refractivity contribution in [2.24, 2.45) is 0 Å². The van der Waals surface area contributed by atoms with Gasteiger partial charge in [0.05, 0.1) is 0 Å². The molecule has 0 aromatic heterocycles. The average molecular weight is 243 g/mol. The van der Waals surface area contributed by atoms with Gasteiger partial charge in [-0.05, 0) is 23.9 Å². The Morgan fingerprint density at radius 2 is 1.75 bits per heavy atom. The lowest BCUT2D eigenvalue weighted by atomic mass is 9.96. The van der Waals surface area contributed by atoms with Crippen LogP contribution < -0.4 is 4.98 Å². The van der Waals surface area contributed by atoms with E-state index < -0.39 is 8.48 Å². The van der Waals surface area contributed by atoms with E-state index in [1.54, 1.807) is 0 Å². The summed E-state index contributed by atoms with van der Waals surface area (Å²) in [7, 11) is 0.117. The zero-order valence-electron chi connectivity index (χ0n) is 11.7. The third-order valence-corrected chi connectivity index (χ3v) is 9.09. The first-order chi connectivity index (χ1) is 7.45. The van der Waals surface area contributed by atoms with Crippen LogP contribution in [0.4, 0.5) is 0 Å². The molecule has 96 valence electrons. The molecule has 1 rings (SSSR count). The van der Waals surface area contributed by atoms with E-state index in [-0.39, 0.29) is 5.04 Å². The van der Waals surface area contributed by atoms with Crippen molar-refractivity contribution >= 4 is 8.48 Å². The van der Waals surface area contributed by atoms with Gasteiger partial charge in [0.2, 0.25) is 0 Å². The molecule has 0 amide bonds. The molecule has 0 aromatic carbocycles. The molecule has 1 atom stereocenters. The van der Waals surface area contributed by atoms with Crippen molar-refractivity contribution in [1.29, 1.82) is 0 Å². The van der Waals surface area contributed by atoms with Crippen molar-refractivity contribution in [2.75, 3.05) is 7.11 Å². The Kier molecular flexibility index (Phi) is 5.01. The van der Waals surface area contributed by atoms with Crippen molar-refractivity contribution in [3.63, 3.8) is 0 Å². The van der Waals surface area contributed by atoms with Gasteiger partial charge in [0.25, 0.3) is 8.48 Å². The van der Waals surface area contributed by atoms with Gasteiger partial charge in [0, 0.05) is 13.2 Å². The number of rotatable bonds is 4. The second kappa shape index (κ2) is 5.65. The molecule has 1 fully saturated rings. The highest BCUT2D eigenvalue weighted by Crippen LogP contribution is 2.38. The zero-order valence-corrected chi connectivity index (χ0v) is 12.7. The van der Waals surface area contributed by atoms with Gasteiger partial charge in [-0.25, -0.2) is 0 Å². The van der Waals surface area contributed by atoms with E-state index in [1.165, 1.54) is 32.1 Å². The highest BCUT2D eigenvalue weighted by atomic mass is 28.4. The molecule has 16 heavy (non-hydrogen) atoms.